The zero-order valence-electron chi connectivity index (χ0n) is 13.0. The molecule has 1 aromatic carbocycles. The first kappa shape index (κ1) is 16.0. The molecule has 0 radical (unpaired) electrons. The maximum Gasteiger partial charge on any atom is 0.341 e. The van der Waals surface area contributed by atoms with Crippen LogP contribution in [-0.2, 0) is 4.79 Å². The number of fused-ring (bicyclic) bond motifs is 1. The van der Waals surface area contributed by atoms with E-state index in [1.165, 1.54) is 25.6 Å². The van der Waals surface area contributed by atoms with Crippen molar-refractivity contribution >= 4 is 27.4 Å². The van der Waals surface area contributed by atoms with E-state index in [0.29, 0.717) is 28.2 Å². The molecule has 3 rings (SSSR count). The lowest BCUT2D eigenvalue weighted by Crippen LogP contribution is -2.09. The van der Waals surface area contributed by atoms with Gasteiger partial charge < -0.3 is 19.3 Å². The van der Waals surface area contributed by atoms with Crippen LogP contribution in [0.25, 0.3) is 20.8 Å². The molecule has 0 spiro atoms. The monoisotopic (exact) mass is 346 g/mol. The Kier molecular flexibility index (Phi) is 4.48. The second-order valence-electron chi connectivity index (χ2n) is 4.72. The van der Waals surface area contributed by atoms with E-state index in [2.05, 4.69) is 9.97 Å². The van der Waals surface area contributed by atoms with Gasteiger partial charge in [-0.05, 0) is 12.1 Å². The van der Waals surface area contributed by atoms with E-state index < -0.39 is 12.6 Å². The molecule has 8 heteroatoms. The highest BCUT2D eigenvalue weighted by atomic mass is 32.1. The number of carbonyl (C=O) groups is 1. The Bertz CT molecular complexity index is 871. The van der Waals surface area contributed by atoms with Crippen molar-refractivity contribution in [2.45, 2.75) is 0 Å². The van der Waals surface area contributed by atoms with Gasteiger partial charge in [0.25, 0.3) is 0 Å². The Morgan fingerprint density at radius 3 is 2.46 bits per heavy atom. The number of carboxylic acids is 1. The normalized spacial score (nSPS) is 10.6. The first-order valence-electron chi connectivity index (χ1n) is 6.96. The van der Waals surface area contributed by atoms with Gasteiger partial charge in [-0.25, -0.2) is 4.79 Å². The molecule has 0 fully saturated rings. The van der Waals surface area contributed by atoms with E-state index in [9.17, 15) is 4.79 Å². The minimum Gasteiger partial charge on any atom is -0.481 e. The van der Waals surface area contributed by atoms with Crippen molar-refractivity contribution < 1.29 is 24.1 Å². The number of benzene rings is 1. The van der Waals surface area contributed by atoms with Gasteiger partial charge in [0.2, 0.25) is 11.8 Å². The van der Waals surface area contributed by atoms with Gasteiger partial charge in [0.1, 0.15) is 10.6 Å². The highest BCUT2D eigenvalue weighted by Gasteiger charge is 2.20. The summed E-state index contributed by atoms with van der Waals surface area (Å²) in [6.07, 6.45) is 0. The standard InChI is InChI=1S/C16H14N2O5S/c1-21-11-7-12(22-2)18-16(17-11)15-14(23-8-13(19)20)9-5-3-4-6-10(9)24-15/h3-7H,8H2,1-2H3,(H,19,20). The molecule has 3 aromatic rings. The van der Waals surface area contributed by atoms with Crippen LogP contribution in [0.5, 0.6) is 17.5 Å². The largest absolute Gasteiger partial charge is 0.481 e. The fourth-order valence-electron chi connectivity index (χ4n) is 2.16. The fraction of sp³-hybridized carbons (Fsp3) is 0.188. The van der Waals surface area contributed by atoms with E-state index in [-0.39, 0.29) is 0 Å². The second kappa shape index (κ2) is 6.71. The van der Waals surface area contributed by atoms with Gasteiger partial charge in [-0.2, -0.15) is 9.97 Å². The molecule has 124 valence electrons. The molecule has 1 N–H and O–H groups in total. The van der Waals surface area contributed by atoms with E-state index in [1.807, 2.05) is 24.3 Å². The van der Waals surface area contributed by atoms with Gasteiger partial charge in [-0.15, -0.1) is 11.3 Å². The van der Waals surface area contributed by atoms with Crippen LogP contribution >= 0.6 is 11.3 Å². The third-order valence-corrected chi connectivity index (χ3v) is 4.34. The van der Waals surface area contributed by atoms with Gasteiger partial charge in [0.15, 0.2) is 12.4 Å². The molecule has 0 aliphatic rings. The highest BCUT2D eigenvalue weighted by molar-refractivity contribution is 7.22. The Hall–Kier alpha value is -2.87. The zero-order chi connectivity index (χ0) is 17.1. The van der Waals surface area contributed by atoms with Gasteiger partial charge in [0, 0.05) is 10.1 Å². The summed E-state index contributed by atoms with van der Waals surface area (Å²) in [7, 11) is 3.00. The predicted octanol–water partition coefficient (Wildman–Crippen LogP) is 2.84. The minimum atomic E-state index is -1.06. The van der Waals surface area contributed by atoms with Crippen molar-refractivity contribution in [2.75, 3.05) is 20.8 Å². The molecule has 0 aliphatic heterocycles. The van der Waals surface area contributed by atoms with E-state index in [1.54, 1.807) is 6.07 Å². The van der Waals surface area contributed by atoms with E-state index >= 15 is 0 Å². The molecular weight excluding hydrogens is 332 g/mol. The van der Waals surface area contributed by atoms with Gasteiger partial charge in [0.05, 0.1) is 20.3 Å². The average molecular weight is 346 g/mol. The summed E-state index contributed by atoms with van der Waals surface area (Å²) < 4.78 is 16.8. The first-order chi connectivity index (χ1) is 11.6. The lowest BCUT2D eigenvalue weighted by atomic mass is 10.2. The van der Waals surface area contributed by atoms with Crippen LogP contribution in [0.1, 0.15) is 0 Å². The van der Waals surface area contributed by atoms with E-state index in [0.717, 1.165) is 10.1 Å². The van der Waals surface area contributed by atoms with Crippen molar-refractivity contribution in [1.29, 1.82) is 0 Å². The lowest BCUT2D eigenvalue weighted by molar-refractivity contribution is -0.139. The highest BCUT2D eigenvalue weighted by Crippen LogP contribution is 2.43. The van der Waals surface area contributed by atoms with Crippen molar-refractivity contribution in [2.24, 2.45) is 0 Å². The molecule has 2 heterocycles. The molecule has 24 heavy (non-hydrogen) atoms. The molecule has 0 saturated heterocycles. The Balaban J connectivity index is 2.17. The maximum atomic E-state index is 10.9. The third kappa shape index (κ3) is 3.09. The van der Waals surface area contributed by atoms with Gasteiger partial charge in [-0.1, -0.05) is 12.1 Å². The molecule has 0 atom stereocenters. The van der Waals surface area contributed by atoms with Gasteiger partial charge >= 0.3 is 5.97 Å². The maximum absolute atomic E-state index is 10.9. The lowest BCUT2D eigenvalue weighted by Gasteiger charge is -2.08. The number of rotatable bonds is 6. The number of carboxylic acid groups (broad SMARTS) is 1. The molecule has 2 aromatic heterocycles. The molecule has 0 amide bonds. The van der Waals surface area contributed by atoms with Crippen molar-refractivity contribution in [3.8, 4) is 28.2 Å². The number of thiophene rings is 1. The minimum absolute atomic E-state index is 0.346. The smallest absolute Gasteiger partial charge is 0.341 e. The first-order valence-corrected chi connectivity index (χ1v) is 7.77. The number of nitrogens with zero attached hydrogens (tertiary/aromatic N) is 2. The number of ether oxygens (including phenoxy) is 3. The summed E-state index contributed by atoms with van der Waals surface area (Å²) in [6, 6.07) is 9.11. The average Bonchev–Trinajstić information content (AvgIpc) is 2.98. The quantitative estimate of drug-likeness (QED) is 0.734. The SMILES string of the molecule is COc1cc(OC)nc(-c2sc3ccccc3c2OCC(=O)O)n1. The summed E-state index contributed by atoms with van der Waals surface area (Å²) in [5.74, 6) is 0.429. The number of aromatic nitrogens is 2. The van der Waals surface area contributed by atoms with Crippen LogP contribution in [0.2, 0.25) is 0 Å². The third-order valence-electron chi connectivity index (χ3n) is 3.19. The van der Waals surface area contributed by atoms with Crippen LogP contribution in [0, 0.1) is 0 Å². The predicted molar refractivity (Wildman–Crippen MR) is 89.1 cm³/mol. The molecule has 7 nitrogen and oxygen atoms in total. The van der Waals surface area contributed by atoms with Crippen LogP contribution in [-0.4, -0.2) is 41.9 Å². The summed E-state index contributed by atoms with van der Waals surface area (Å²) >= 11 is 1.41. The summed E-state index contributed by atoms with van der Waals surface area (Å²) in [6.45, 7) is -0.450. The zero-order valence-corrected chi connectivity index (χ0v) is 13.8. The molecule has 0 bridgehead atoms. The van der Waals surface area contributed by atoms with Crippen molar-refractivity contribution in [3.63, 3.8) is 0 Å². The molecule has 0 aliphatic carbocycles. The molecule has 0 saturated carbocycles. The van der Waals surface area contributed by atoms with Crippen LogP contribution < -0.4 is 14.2 Å². The summed E-state index contributed by atoms with van der Waals surface area (Å²) in [5.41, 5.74) is 0. The summed E-state index contributed by atoms with van der Waals surface area (Å²) in [4.78, 5) is 20.2. The van der Waals surface area contributed by atoms with Crippen molar-refractivity contribution in [3.05, 3.63) is 30.3 Å². The van der Waals surface area contributed by atoms with Crippen LogP contribution in [0.3, 0.4) is 0 Å². The molecule has 0 unspecified atom stereocenters. The number of aliphatic carboxylic acids is 1. The number of hydrogen-bond donors (Lipinski definition) is 1. The summed E-state index contributed by atoms with van der Waals surface area (Å²) in [5, 5.41) is 9.73. The van der Waals surface area contributed by atoms with Crippen molar-refractivity contribution in [1.82, 2.24) is 9.97 Å². The second-order valence-corrected chi connectivity index (χ2v) is 5.77. The van der Waals surface area contributed by atoms with Crippen LogP contribution in [0.4, 0.5) is 0 Å². The molecular formula is C16H14N2O5S. The van der Waals surface area contributed by atoms with E-state index in [4.69, 9.17) is 19.3 Å². The Labute approximate surface area is 141 Å². The Morgan fingerprint density at radius 2 is 1.83 bits per heavy atom. The topological polar surface area (TPSA) is 90.8 Å². The number of methoxy groups -OCH3 is 2. The Morgan fingerprint density at radius 1 is 1.17 bits per heavy atom. The number of hydrogen-bond acceptors (Lipinski definition) is 7. The van der Waals surface area contributed by atoms with Gasteiger partial charge in [-0.3, -0.25) is 0 Å². The fourth-order valence-corrected chi connectivity index (χ4v) is 3.24. The van der Waals surface area contributed by atoms with Crippen LogP contribution in [0.15, 0.2) is 30.3 Å².